The van der Waals surface area contributed by atoms with Gasteiger partial charge in [0.2, 0.25) is 10.0 Å². The highest BCUT2D eigenvalue weighted by atomic mass is 32.2. The maximum absolute atomic E-state index is 14.2. The summed E-state index contributed by atoms with van der Waals surface area (Å²) in [4.78, 5) is 14.2. The van der Waals surface area contributed by atoms with Crippen molar-refractivity contribution in [2.75, 3.05) is 33.1 Å². The molecule has 0 spiro atoms. The Labute approximate surface area is 268 Å². The Hall–Kier alpha value is -2.56. The molecule has 3 aliphatic carbocycles. The minimum atomic E-state index is -3.62. The van der Waals surface area contributed by atoms with Crippen LogP contribution in [0.15, 0.2) is 54.1 Å². The van der Waals surface area contributed by atoms with Gasteiger partial charge in [-0.1, -0.05) is 30.7 Å². The van der Waals surface area contributed by atoms with Gasteiger partial charge in [0.25, 0.3) is 0 Å². The molecule has 9 heteroatoms. The van der Waals surface area contributed by atoms with Gasteiger partial charge in [0.15, 0.2) is 5.78 Å². The fraction of sp³-hybridized carbons (Fsp3) is 0.583. The van der Waals surface area contributed by atoms with Gasteiger partial charge in [-0.15, -0.1) is 0 Å². The van der Waals surface area contributed by atoms with Crippen LogP contribution in [0, 0.1) is 5.41 Å². The predicted octanol–water partition coefficient (Wildman–Crippen LogP) is 5.41. The van der Waals surface area contributed by atoms with Gasteiger partial charge in [-0.2, -0.15) is 4.31 Å². The van der Waals surface area contributed by atoms with Crippen molar-refractivity contribution < 1.29 is 32.9 Å². The van der Waals surface area contributed by atoms with Gasteiger partial charge in [0.05, 0.1) is 31.2 Å². The van der Waals surface area contributed by atoms with E-state index in [4.69, 9.17) is 9.47 Å². The van der Waals surface area contributed by atoms with E-state index >= 15 is 0 Å². The molecule has 2 N–H and O–H groups in total. The fourth-order valence-electron chi connectivity index (χ4n) is 7.72. The second-order valence-electron chi connectivity index (χ2n) is 13.7. The Kier molecular flexibility index (Phi) is 10.3. The van der Waals surface area contributed by atoms with E-state index < -0.39 is 27.1 Å². The number of rotatable bonds is 8. The summed E-state index contributed by atoms with van der Waals surface area (Å²) in [6, 6.07) is 13.0. The lowest BCUT2D eigenvalue weighted by atomic mass is 9.64. The molecule has 0 aromatic heterocycles. The SMILES string of the molecule is COc1ccc(C(=O)c2cc3ccc2[C@@H]2CC[C@@](O)(CN(C[C@H]4CCCO4)S(C)(=O)=O)[C@@]2(C)CCC=C(C)CC[C@H](O)C3)cc1. The Morgan fingerprint density at radius 2 is 1.87 bits per heavy atom. The number of carbonyl (C=O) groups excluding carboxylic acids is 1. The van der Waals surface area contributed by atoms with Crippen molar-refractivity contribution in [3.8, 4) is 5.75 Å². The van der Waals surface area contributed by atoms with Crippen molar-refractivity contribution in [2.45, 2.75) is 95.4 Å². The maximum atomic E-state index is 14.2. The monoisotopic (exact) mass is 639 g/mol. The van der Waals surface area contributed by atoms with E-state index in [-0.39, 0.29) is 30.9 Å². The Morgan fingerprint density at radius 1 is 1.11 bits per heavy atom. The van der Waals surface area contributed by atoms with Gasteiger partial charge in [-0.3, -0.25) is 4.79 Å². The average molecular weight is 640 g/mol. The van der Waals surface area contributed by atoms with E-state index in [1.165, 1.54) is 16.1 Å². The van der Waals surface area contributed by atoms with Crippen LogP contribution in [0.5, 0.6) is 5.75 Å². The standard InChI is InChI=1S/C36H49NO7S/c1-25-7-5-18-35(2)33(17-19-36(35,40)24-37(45(4,41)42)23-30-8-6-20-44-30)31-16-10-26(21-28(38)13-9-25)22-32(31)34(39)27-11-14-29(43-3)15-12-27/h7,10-12,14-16,22,28,30,33,38,40H,5-6,8-9,13,17-21,23-24H2,1-4H3/t28-,30+,33-,35-,36+/m0/s1. The first-order valence-corrected chi connectivity index (χ1v) is 18.1. The summed E-state index contributed by atoms with van der Waals surface area (Å²) in [5.74, 6) is 0.341. The van der Waals surface area contributed by atoms with Crippen LogP contribution >= 0.6 is 0 Å². The molecule has 0 amide bonds. The number of fused-ring (bicyclic) bond motifs is 8. The molecule has 4 aliphatic rings. The molecule has 45 heavy (non-hydrogen) atoms. The number of benzene rings is 2. The molecule has 246 valence electrons. The molecule has 2 bridgehead atoms. The number of nitrogens with zero attached hydrogens (tertiary/aromatic N) is 1. The summed E-state index contributed by atoms with van der Waals surface area (Å²) < 4.78 is 38.7. The predicted molar refractivity (Wildman–Crippen MR) is 175 cm³/mol. The van der Waals surface area contributed by atoms with E-state index in [2.05, 4.69) is 19.9 Å². The van der Waals surface area contributed by atoms with Gasteiger partial charge in [-0.25, -0.2) is 8.42 Å². The van der Waals surface area contributed by atoms with Gasteiger partial charge in [-0.05, 0) is 112 Å². The molecule has 5 atom stereocenters. The third-order valence-electron chi connectivity index (χ3n) is 10.6. The number of hydrogen-bond donors (Lipinski definition) is 2. The number of ketones is 1. The highest BCUT2D eigenvalue weighted by Crippen LogP contribution is 2.59. The van der Waals surface area contributed by atoms with E-state index in [0.717, 1.165) is 30.4 Å². The zero-order chi connectivity index (χ0) is 32.4. The van der Waals surface area contributed by atoms with Crippen LogP contribution in [0.25, 0.3) is 0 Å². The highest BCUT2D eigenvalue weighted by Gasteiger charge is 2.58. The Balaban J connectivity index is 1.59. The molecule has 2 aromatic carbocycles. The van der Waals surface area contributed by atoms with Gasteiger partial charge < -0.3 is 19.7 Å². The van der Waals surface area contributed by atoms with Crippen molar-refractivity contribution in [1.29, 1.82) is 0 Å². The zero-order valence-electron chi connectivity index (χ0n) is 27.1. The number of ether oxygens (including phenoxy) is 2. The highest BCUT2D eigenvalue weighted by molar-refractivity contribution is 7.88. The lowest BCUT2D eigenvalue weighted by molar-refractivity contribution is -0.0753. The molecular weight excluding hydrogens is 590 g/mol. The molecule has 0 unspecified atom stereocenters. The van der Waals surface area contributed by atoms with Crippen LogP contribution < -0.4 is 4.74 Å². The fourth-order valence-corrected chi connectivity index (χ4v) is 8.60. The second kappa shape index (κ2) is 13.7. The minimum Gasteiger partial charge on any atom is -0.497 e. The maximum Gasteiger partial charge on any atom is 0.211 e. The van der Waals surface area contributed by atoms with E-state index in [1.807, 2.05) is 18.2 Å². The van der Waals surface area contributed by atoms with Gasteiger partial charge in [0, 0.05) is 36.2 Å². The molecule has 8 nitrogen and oxygen atoms in total. The van der Waals surface area contributed by atoms with Crippen LogP contribution in [-0.2, 0) is 21.2 Å². The first-order chi connectivity index (χ1) is 21.3. The number of hydrogen-bond acceptors (Lipinski definition) is 7. The van der Waals surface area contributed by atoms with Crippen molar-refractivity contribution in [2.24, 2.45) is 5.41 Å². The quantitative estimate of drug-likeness (QED) is 0.294. The summed E-state index contributed by atoms with van der Waals surface area (Å²) in [7, 11) is -2.04. The normalized spacial score (nSPS) is 29.3. The molecule has 1 aliphatic heterocycles. The molecule has 6 rings (SSSR count). The van der Waals surface area contributed by atoms with Crippen LogP contribution in [0.2, 0.25) is 0 Å². The van der Waals surface area contributed by atoms with Crippen molar-refractivity contribution in [3.63, 3.8) is 0 Å². The largest absolute Gasteiger partial charge is 0.497 e. The molecule has 1 saturated carbocycles. The number of carbonyl (C=O) groups is 1. The first kappa shape index (κ1) is 33.8. The van der Waals surface area contributed by atoms with Gasteiger partial charge in [0.1, 0.15) is 5.75 Å². The summed E-state index contributed by atoms with van der Waals surface area (Å²) in [5, 5.41) is 23.5. The van der Waals surface area contributed by atoms with Crippen LogP contribution in [0.1, 0.15) is 98.2 Å². The zero-order valence-corrected chi connectivity index (χ0v) is 27.9. The van der Waals surface area contributed by atoms with Crippen LogP contribution in [0.3, 0.4) is 0 Å². The van der Waals surface area contributed by atoms with Crippen LogP contribution in [0.4, 0.5) is 0 Å². The number of aliphatic hydroxyl groups is 2. The third-order valence-corrected chi connectivity index (χ3v) is 11.8. The number of aliphatic hydroxyl groups excluding tert-OH is 1. The molecule has 0 radical (unpaired) electrons. The molecule has 2 aromatic rings. The van der Waals surface area contributed by atoms with E-state index in [9.17, 15) is 23.4 Å². The molecular formula is C36H49NO7S. The van der Waals surface area contributed by atoms with Gasteiger partial charge >= 0.3 is 0 Å². The minimum absolute atomic E-state index is 0.0204. The van der Waals surface area contributed by atoms with Crippen molar-refractivity contribution in [1.82, 2.24) is 4.31 Å². The molecule has 1 saturated heterocycles. The third kappa shape index (κ3) is 7.38. The lowest BCUT2D eigenvalue weighted by Gasteiger charge is -2.46. The Morgan fingerprint density at radius 3 is 2.53 bits per heavy atom. The topological polar surface area (TPSA) is 113 Å². The van der Waals surface area contributed by atoms with Crippen molar-refractivity contribution in [3.05, 3.63) is 76.4 Å². The lowest BCUT2D eigenvalue weighted by Crippen LogP contribution is -2.54. The number of allylic oxidation sites excluding steroid dienone is 2. The molecule has 1 heterocycles. The number of methoxy groups -OCH3 is 1. The smallest absolute Gasteiger partial charge is 0.211 e. The van der Waals surface area contributed by atoms with Crippen LogP contribution in [-0.4, -0.2) is 79.6 Å². The first-order valence-electron chi connectivity index (χ1n) is 16.3. The Bertz CT molecular complexity index is 1500. The summed E-state index contributed by atoms with van der Waals surface area (Å²) in [5.41, 5.74) is 1.97. The molecule has 2 fully saturated rings. The summed E-state index contributed by atoms with van der Waals surface area (Å²) in [6.45, 7) is 4.97. The second-order valence-corrected chi connectivity index (χ2v) is 15.7. The van der Waals surface area contributed by atoms with E-state index in [0.29, 0.717) is 62.0 Å². The van der Waals surface area contributed by atoms with E-state index in [1.54, 1.807) is 31.4 Å². The number of sulfonamides is 1. The average Bonchev–Trinajstić information content (AvgIpc) is 3.60. The van der Waals surface area contributed by atoms with Crippen molar-refractivity contribution >= 4 is 15.8 Å². The summed E-state index contributed by atoms with van der Waals surface area (Å²) >= 11 is 0. The summed E-state index contributed by atoms with van der Waals surface area (Å²) in [6.07, 6.45) is 8.51.